The van der Waals surface area contributed by atoms with Crippen LogP contribution in [0.3, 0.4) is 0 Å². The third-order valence-corrected chi connectivity index (χ3v) is 4.77. The van der Waals surface area contributed by atoms with Crippen LogP contribution >= 0.6 is 11.8 Å². The first kappa shape index (κ1) is 16.1. The fraction of sp³-hybridized carbons (Fsp3) is 0.625. The van der Waals surface area contributed by atoms with Crippen LogP contribution in [-0.4, -0.2) is 53.6 Å². The van der Waals surface area contributed by atoms with Crippen molar-refractivity contribution in [3.63, 3.8) is 0 Å². The summed E-state index contributed by atoms with van der Waals surface area (Å²) in [7, 11) is 0. The van der Waals surface area contributed by atoms with Gasteiger partial charge >= 0.3 is 0 Å². The molecule has 1 aliphatic heterocycles. The zero-order valence-electron chi connectivity index (χ0n) is 13.0. The third kappa shape index (κ3) is 4.90. The second kappa shape index (κ2) is 8.26. The van der Waals surface area contributed by atoms with Gasteiger partial charge in [-0.1, -0.05) is 6.07 Å². The van der Waals surface area contributed by atoms with E-state index in [4.69, 9.17) is 5.26 Å². The summed E-state index contributed by atoms with van der Waals surface area (Å²) in [4.78, 5) is 9.57. The van der Waals surface area contributed by atoms with E-state index in [2.05, 4.69) is 39.9 Å². The average Bonchev–Trinajstić information content (AvgIpc) is 2.48. The van der Waals surface area contributed by atoms with Crippen molar-refractivity contribution in [1.82, 2.24) is 9.88 Å². The number of rotatable bonds is 6. The van der Waals surface area contributed by atoms with Gasteiger partial charge in [-0.3, -0.25) is 4.90 Å². The number of nitrogens with zero attached hydrogens (tertiary/aromatic N) is 4. The first-order valence-electron chi connectivity index (χ1n) is 7.58. The Kier molecular flexibility index (Phi) is 6.34. The van der Waals surface area contributed by atoms with Gasteiger partial charge in [-0.2, -0.15) is 5.26 Å². The van der Waals surface area contributed by atoms with Crippen molar-refractivity contribution in [3.8, 4) is 6.07 Å². The Morgan fingerprint density at radius 3 is 3.00 bits per heavy atom. The predicted molar refractivity (Wildman–Crippen MR) is 89.8 cm³/mol. The highest BCUT2D eigenvalue weighted by atomic mass is 32.2. The number of pyridine rings is 1. The van der Waals surface area contributed by atoms with Gasteiger partial charge in [-0.25, -0.2) is 4.98 Å². The molecule has 2 heterocycles. The quantitative estimate of drug-likeness (QED) is 0.756. The van der Waals surface area contributed by atoms with Crippen LogP contribution in [0.1, 0.15) is 19.0 Å². The Morgan fingerprint density at radius 2 is 2.29 bits per heavy atom. The molecule has 0 bridgehead atoms. The number of thioether (sulfide) groups is 1. The Balaban J connectivity index is 1.78. The minimum absolute atomic E-state index is 0.557. The molecule has 1 saturated heterocycles. The van der Waals surface area contributed by atoms with E-state index in [1.54, 1.807) is 11.8 Å². The van der Waals surface area contributed by atoms with E-state index in [0.29, 0.717) is 11.8 Å². The van der Waals surface area contributed by atoms with Crippen molar-refractivity contribution in [2.24, 2.45) is 0 Å². The maximum Gasteiger partial charge on any atom is 0.128 e. The van der Waals surface area contributed by atoms with Crippen molar-refractivity contribution < 1.29 is 0 Å². The van der Waals surface area contributed by atoms with Crippen LogP contribution in [0.5, 0.6) is 0 Å². The lowest BCUT2D eigenvalue weighted by Crippen LogP contribution is -2.52. The van der Waals surface area contributed by atoms with Crippen LogP contribution in [0.4, 0.5) is 5.82 Å². The average molecular weight is 304 g/mol. The van der Waals surface area contributed by atoms with Crippen LogP contribution in [0.25, 0.3) is 0 Å². The summed E-state index contributed by atoms with van der Waals surface area (Å²) in [6.07, 6.45) is 1.17. The smallest absolute Gasteiger partial charge is 0.128 e. The van der Waals surface area contributed by atoms with Crippen LogP contribution < -0.4 is 4.90 Å². The van der Waals surface area contributed by atoms with E-state index >= 15 is 0 Å². The molecule has 0 saturated carbocycles. The molecule has 114 valence electrons. The van der Waals surface area contributed by atoms with Gasteiger partial charge in [0.15, 0.2) is 0 Å². The SMILES string of the molecule is Cc1cccc(N2CCN(CCCSCC#N)[C@H](C)C2)n1. The third-order valence-electron chi connectivity index (χ3n) is 3.86. The normalized spacial score (nSPS) is 19.5. The predicted octanol–water partition coefficient (Wildman–Crippen LogP) is 2.55. The number of nitriles is 1. The lowest BCUT2D eigenvalue weighted by atomic mass is 10.2. The van der Waals surface area contributed by atoms with Gasteiger partial charge in [0, 0.05) is 31.4 Å². The van der Waals surface area contributed by atoms with Gasteiger partial charge in [0.1, 0.15) is 5.82 Å². The fourth-order valence-electron chi connectivity index (χ4n) is 2.73. The number of hydrogen-bond acceptors (Lipinski definition) is 5. The fourth-order valence-corrected chi connectivity index (χ4v) is 3.30. The molecule has 1 fully saturated rings. The Morgan fingerprint density at radius 1 is 1.43 bits per heavy atom. The lowest BCUT2D eigenvalue weighted by molar-refractivity contribution is 0.190. The minimum Gasteiger partial charge on any atom is -0.354 e. The maximum absolute atomic E-state index is 8.52. The highest BCUT2D eigenvalue weighted by molar-refractivity contribution is 7.99. The van der Waals surface area contributed by atoms with Gasteiger partial charge in [-0.15, -0.1) is 11.8 Å². The van der Waals surface area contributed by atoms with E-state index in [9.17, 15) is 0 Å². The van der Waals surface area contributed by atoms with Crippen molar-refractivity contribution in [1.29, 1.82) is 5.26 Å². The molecule has 0 N–H and O–H groups in total. The van der Waals surface area contributed by atoms with Crippen LogP contribution in [0.15, 0.2) is 18.2 Å². The van der Waals surface area contributed by atoms with Gasteiger partial charge < -0.3 is 4.90 Å². The molecule has 2 rings (SSSR count). The minimum atomic E-state index is 0.557. The topological polar surface area (TPSA) is 43.2 Å². The molecule has 0 radical (unpaired) electrons. The molecule has 21 heavy (non-hydrogen) atoms. The van der Waals surface area contributed by atoms with Gasteiger partial charge in [0.25, 0.3) is 0 Å². The number of aromatic nitrogens is 1. The molecular formula is C16H24N4S. The summed E-state index contributed by atoms with van der Waals surface area (Å²) >= 11 is 1.73. The summed E-state index contributed by atoms with van der Waals surface area (Å²) in [6.45, 7) is 8.66. The first-order valence-corrected chi connectivity index (χ1v) is 8.73. The summed E-state index contributed by atoms with van der Waals surface area (Å²) in [6, 6.07) is 8.97. The number of anilines is 1. The monoisotopic (exact) mass is 304 g/mol. The van der Waals surface area contributed by atoms with Crippen LogP contribution in [-0.2, 0) is 0 Å². The van der Waals surface area contributed by atoms with E-state index in [-0.39, 0.29) is 0 Å². The lowest BCUT2D eigenvalue weighted by Gasteiger charge is -2.40. The largest absolute Gasteiger partial charge is 0.354 e. The van der Waals surface area contributed by atoms with E-state index in [0.717, 1.165) is 43.4 Å². The van der Waals surface area contributed by atoms with E-state index < -0.39 is 0 Å². The summed E-state index contributed by atoms with van der Waals surface area (Å²) < 4.78 is 0. The Bertz CT molecular complexity index is 485. The van der Waals surface area contributed by atoms with E-state index in [1.165, 1.54) is 6.42 Å². The second-order valence-electron chi connectivity index (χ2n) is 5.53. The molecule has 0 aromatic carbocycles. The second-order valence-corrected chi connectivity index (χ2v) is 6.64. The molecule has 0 spiro atoms. The first-order chi connectivity index (χ1) is 10.2. The van der Waals surface area contributed by atoms with Crippen LogP contribution in [0, 0.1) is 18.3 Å². The number of aryl methyl sites for hydroxylation is 1. The molecule has 0 unspecified atom stereocenters. The molecule has 4 nitrogen and oxygen atoms in total. The molecular weight excluding hydrogens is 280 g/mol. The van der Waals surface area contributed by atoms with Crippen molar-refractivity contribution in [2.45, 2.75) is 26.3 Å². The van der Waals surface area contributed by atoms with E-state index in [1.807, 2.05) is 13.0 Å². The Labute approximate surface area is 132 Å². The van der Waals surface area contributed by atoms with Crippen molar-refractivity contribution >= 4 is 17.6 Å². The summed E-state index contributed by atoms with van der Waals surface area (Å²) in [5, 5.41) is 8.52. The standard InChI is InChI=1S/C16H24N4S/c1-14-5-3-6-16(18-14)20-10-9-19(15(2)13-20)8-4-11-21-12-7-17/h3,5-6,15H,4,8-13H2,1-2H3/t15-/m1/s1. The summed E-state index contributed by atoms with van der Waals surface area (Å²) in [5.41, 5.74) is 1.08. The van der Waals surface area contributed by atoms with Crippen molar-refractivity contribution in [3.05, 3.63) is 23.9 Å². The van der Waals surface area contributed by atoms with Gasteiger partial charge in [0.05, 0.1) is 11.8 Å². The van der Waals surface area contributed by atoms with Crippen molar-refractivity contribution in [2.75, 3.05) is 42.6 Å². The molecule has 1 aliphatic rings. The van der Waals surface area contributed by atoms with Gasteiger partial charge in [-0.05, 0) is 44.7 Å². The molecule has 5 heteroatoms. The Hall–Kier alpha value is -1.25. The molecule has 1 aromatic rings. The van der Waals surface area contributed by atoms with Crippen LogP contribution in [0.2, 0.25) is 0 Å². The number of hydrogen-bond donors (Lipinski definition) is 0. The maximum atomic E-state index is 8.52. The molecule has 0 aliphatic carbocycles. The molecule has 1 atom stereocenters. The molecule has 1 aromatic heterocycles. The zero-order valence-corrected chi connectivity index (χ0v) is 13.8. The summed E-state index contributed by atoms with van der Waals surface area (Å²) in [5.74, 6) is 2.80. The zero-order chi connectivity index (χ0) is 15.1. The molecule has 0 amide bonds. The highest BCUT2D eigenvalue weighted by Gasteiger charge is 2.23. The number of piperazine rings is 1. The highest BCUT2D eigenvalue weighted by Crippen LogP contribution is 2.17. The van der Waals surface area contributed by atoms with Gasteiger partial charge in [0.2, 0.25) is 0 Å².